The maximum Gasteiger partial charge on any atom is 0.118 e. The molecule has 1 atom stereocenters. The van der Waals surface area contributed by atoms with Crippen molar-refractivity contribution < 1.29 is 14.2 Å². The lowest BCUT2D eigenvalue weighted by Gasteiger charge is -2.37. The maximum atomic E-state index is 5.35. The molecule has 0 radical (unpaired) electrons. The van der Waals surface area contributed by atoms with E-state index in [2.05, 4.69) is 17.4 Å². The number of hydrogen-bond donors (Lipinski definition) is 1. The molecule has 1 N–H and O–H groups in total. The van der Waals surface area contributed by atoms with Crippen LogP contribution in [0.1, 0.15) is 24.3 Å². The minimum absolute atomic E-state index is 0.139. The van der Waals surface area contributed by atoms with Gasteiger partial charge in [0.25, 0.3) is 0 Å². The Labute approximate surface area is 121 Å². The Balaban J connectivity index is 1.71. The normalized spacial score (nSPS) is 23.1. The largest absolute Gasteiger partial charge is 0.497 e. The van der Waals surface area contributed by atoms with Crippen LogP contribution in [0.15, 0.2) is 24.3 Å². The summed E-state index contributed by atoms with van der Waals surface area (Å²) in [7, 11) is 5.13. The van der Waals surface area contributed by atoms with E-state index in [0.29, 0.717) is 18.6 Å². The molecule has 0 amide bonds. The SMILES string of the molecule is COCC(CNC1CC(c2ccc(OC)cc2)C1)OC. The molecular weight excluding hydrogens is 254 g/mol. The van der Waals surface area contributed by atoms with E-state index in [9.17, 15) is 0 Å². The molecule has 0 heterocycles. The molecular formula is C16H25NO3. The molecule has 1 aromatic carbocycles. The topological polar surface area (TPSA) is 39.7 Å². The fourth-order valence-electron chi connectivity index (χ4n) is 2.63. The van der Waals surface area contributed by atoms with Crippen molar-refractivity contribution in [3.8, 4) is 5.75 Å². The molecule has 1 aliphatic rings. The monoisotopic (exact) mass is 279 g/mol. The van der Waals surface area contributed by atoms with E-state index in [1.54, 1.807) is 21.3 Å². The molecule has 112 valence electrons. The predicted molar refractivity (Wildman–Crippen MR) is 79.4 cm³/mol. The van der Waals surface area contributed by atoms with Crippen LogP contribution in [0.5, 0.6) is 5.75 Å². The number of benzene rings is 1. The number of ether oxygens (including phenoxy) is 3. The fraction of sp³-hybridized carbons (Fsp3) is 0.625. The Bertz CT molecular complexity index is 387. The number of hydrogen-bond acceptors (Lipinski definition) is 4. The Hall–Kier alpha value is -1.10. The minimum Gasteiger partial charge on any atom is -0.497 e. The number of rotatable bonds is 8. The molecule has 1 aromatic rings. The van der Waals surface area contributed by atoms with E-state index in [1.807, 2.05) is 12.1 Å². The van der Waals surface area contributed by atoms with Gasteiger partial charge in [-0.1, -0.05) is 12.1 Å². The van der Waals surface area contributed by atoms with Gasteiger partial charge >= 0.3 is 0 Å². The van der Waals surface area contributed by atoms with E-state index < -0.39 is 0 Å². The molecule has 1 fully saturated rings. The van der Waals surface area contributed by atoms with Crippen molar-refractivity contribution in [1.29, 1.82) is 0 Å². The number of methoxy groups -OCH3 is 3. The third-order valence-electron chi connectivity index (χ3n) is 4.05. The van der Waals surface area contributed by atoms with Crippen molar-refractivity contribution in [3.63, 3.8) is 0 Å². The quantitative estimate of drug-likeness (QED) is 0.792. The molecule has 0 bridgehead atoms. The molecule has 0 aromatic heterocycles. The van der Waals surface area contributed by atoms with Crippen LogP contribution in [-0.4, -0.2) is 46.6 Å². The molecule has 0 spiro atoms. The maximum absolute atomic E-state index is 5.35. The van der Waals surface area contributed by atoms with Crippen LogP contribution >= 0.6 is 0 Å². The summed E-state index contributed by atoms with van der Waals surface area (Å²) in [5.41, 5.74) is 1.41. The highest BCUT2D eigenvalue weighted by molar-refractivity contribution is 5.30. The van der Waals surface area contributed by atoms with Crippen molar-refractivity contribution in [2.24, 2.45) is 0 Å². The zero-order valence-corrected chi connectivity index (χ0v) is 12.6. The summed E-state index contributed by atoms with van der Waals surface area (Å²) >= 11 is 0. The first kappa shape index (κ1) is 15.3. The van der Waals surface area contributed by atoms with Crippen LogP contribution in [0, 0.1) is 0 Å². The van der Waals surface area contributed by atoms with Gasteiger partial charge in [0, 0.05) is 26.8 Å². The molecule has 1 aliphatic carbocycles. The molecule has 2 rings (SSSR count). The van der Waals surface area contributed by atoms with Crippen LogP contribution in [0.4, 0.5) is 0 Å². The van der Waals surface area contributed by atoms with Crippen LogP contribution in [0.25, 0.3) is 0 Å². The molecule has 0 aliphatic heterocycles. The van der Waals surface area contributed by atoms with Crippen LogP contribution in [0.3, 0.4) is 0 Å². The molecule has 1 unspecified atom stereocenters. The molecule has 4 nitrogen and oxygen atoms in total. The highest BCUT2D eigenvalue weighted by Gasteiger charge is 2.30. The lowest BCUT2D eigenvalue weighted by molar-refractivity contribution is 0.0251. The second-order valence-electron chi connectivity index (χ2n) is 5.36. The van der Waals surface area contributed by atoms with Gasteiger partial charge in [-0.25, -0.2) is 0 Å². The summed E-state index contributed by atoms with van der Waals surface area (Å²) in [5, 5.41) is 3.55. The second kappa shape index (κ2) is 7.62. The van der Waals surface area contributed by atoms with Gasteiger partial charge in [-0.05, 0) is 36.5 Å². The van der Waals surface area contributed by atoms with Gasteiger partial charge in [0.1, 0.15) is 5.75 Å². The van der Waals surface area contributed by atoms with E-state index in [4.69, 9.17) is 14.2 Å². The van der Waals surface area contributed by atoms with Gasteiger partial charge in [0.05, 0.1) is 19.8 Å². The van der Waals surface area contributed by atoms with Crippen LogP contribution in [-0.2, 0) is 9.47 Å². The average Bonchev–Trinajstić information content (AvgIpc) is 2.45. The summed E-state index contributed by atoms with van der Waals surface area (Å²) in [6.07, 6.45) is 2.52. The van der Waals surface area contributed by atoms with Gasteiger partial charge in [0.15, 0.2) is 0 Å². The zero-order valence-electron chi connectivity index (χ0n) is 12.6. The van der Waals surface area contributed by atoms with Crippen molar-refractivity contribution in [2.45, 2.75) is 30.9 Å². The van der Waals surface area contributed by atoms with Gasteiger partial charge in [0.2, 0.25) is 0 Å². The fourth-order valence-corrected chi connectivity index (χ4v) is 2.63. The van der Waals surface area contributed by atoms with Gasteiger partial charge in [-0.2, -0.15) is 0 Å². The highest BCUT2D eigenvalue weighted by Crippen LogP contribution is 2.37. The third-order valence-corrected chi connectivity index (χ3v) is 4.05. The molecule has 0 saturated heterocycles. The Morgan fingerprint density at radius 1 is 1.15 bits per heavy atom. The van der Waals surface area contributed by atoms with E-state index in [1.165, 1.54) is 18.4 Å². The smallest absolute Gasteiger partial charge is 0.118 e. The summed E-state index contributed by atoms with van der Waals surface area (Å²) in [4.78, 5) is 0. The summed E-state index contributed by atoms with van der Waals surface area (Å²) in [6.45, 7) is 1.49. The summed E-state index contributed by atoms with van der Waals surface area (Å²) in [6, 6.07) is 9.01. The minimum atomic E-state index is 0.139. The second-order valence-corrected chi connectivity index (χ2v) is 5.36. The Morgan fingerprint density at radius 2 is 1.85 bits per heavy atom. The zero-order chi connectivity index (χ0) is 14.4. The van der Waals surface area contributed by atoms with Gasteiger partial charge in [-0.3, -0.25) is 0 Å². The Morgan fingerprint density at radius 3 is 2.40 bits per heavy atom. The van der Waals surface area contributed by atoms with Crippen molar-refractivity contribution in [2.75, 3.05) is 34.5 Å². The van der Waals surface area contributed by atoms with Crippen molar-refractivity contribution in [1.82, 2.24) is 5.32 Å². The third kappa shape index (κ3) is 3.95. The summed E-state index contributed by atoms with van der Waals surface area (Å²) < 4.78 is 15.6. The van der Waals surface area contributed by atoms with Crippen LogP contribution < -0.4 is 10.1 Å². The van der Waals surface area contributed by atoms with Crippen molar-refractivity contribution in [3.05, 3.63) is 29.8 Å². The van der Waals surface area contributed by atoms with Crippen molar-refractivity contribution >= 4 is 0 Å². The van der Waals surface area contributed by atoms with E-state index in [-0.39, 0.29) is 6.10 Å². The van der Waals surface area contributed by atoms with E-state index >= 15 is 0 Å². The van der Waals surface area contributed by atoms with E-state index in [0.717, 1.165) is 12.3 Å². The predicted octanol–water partition coefficient (Wildman–Crippen LogP) is 2.19. The lowest BCUT2D eigenvalue weighted by atomic mass is 9.76. The first-order valence-electron chi connectivity index (χ1n) is 7.16. The summed E-state index contributed by atoms with van der Waals surface area (Å²) in [5.74, 6) is 1.59. The first-order valence-corrected chi connectivity index (χ1v) is 7.16. The van der Waals surface area contributed by atoms with Crippen LogP contribution in [0.2, 0.25) is 0 Å². The highest BCUT2D eigenvalue weighted by atomic mass is 16.5. The molecule has 20 heavy (non-hydrogen) atoms. The van der Waals surface area contributed by atoms with Gasteiger partial charge in [-0.15, -0.1) is 0 Å². The first-order chi connectivity index (χ1) is 9.76. The average molecular weight is 279 g/mol. The number of nitrogens with one attached hydrogen (secondary N) is 1. The lowest BCUT2D eigenvalue weighted by Crippen LogP contribution is -2.44. The standard InChI is InChI=1S/C16H25NO3/c1-18-11-16(20-3)10-17-14-8-13(9-14)12-4-6-15(19-2)7-5-12/h4-7,13-14,16-17H,8-11H2,1-3H3. The Kier molecular flexibility index (Phi) is 5.83. The van der Waals surface area contributed by atoms with Gasteiger partial charge < -0.3 is 19.5 Å². The molecule has 4 heteroatoms. The molecule has 1 saturated carbocycles.